The third kappa shape index (κ3) is 3.05. The molecule has 0 aliphatic carbocycles. The lowest BCUT2D eigenvalue weighted by Crippen LogP contribution is -2.16. The zero-order chi connectivity index (χ0) is 14.5. The predicted octanol–water partition coefficient (Wildman–Crippen LogP) is 1.51. The van der Waals surface area contributed by atoms with Crippen LogP contribution in [-0.2, 0) is 0 Å². The Labute approximate surface area is 115 Å². The second-order valence-corrected chi connectivity index (χ2v) is 3.97. The van der Waals surface area contributed by atoms with Crippen molar-refractivity contribution in [2.45, 2.75) is 0 Å². The summed E-state index contributed by atoms with van der Waals surface area (Å²) in [5, 5.41) is 16.8. The number of benzene rings is 1. The lowest BCUT2D eigenvalue weighted by atomic mass is 10.1. The van der Waals surface area contributed by atoms with Crippen molar-refractivity contribution >= 4 is 17.6 Å². The normalized spacial score (nSPS) is 11.1. The van der Waals surface area contributed by atoms with Gasteiger partial charge in [0.05, 0.1) is 5.56 Å². The molecule has 1 heterocycles. The number of aromatic carboxylic acids is 1. The summed E-state index contributed by atoms with van der Waals surface area (Å²) in [6, 6.07) is 9.44. The molecule has 0 amide bonds. The number of hydrogen-bond acceptors (Lipinski definition) is 3. The van der Waals surface area contributed by atoms with Crippen LogP contribution in [0, 0.1) is 5.41 Å². The quantitative estimate of drug-likeness (QED) is 0.578. The van der Waals surface area contributed by atoms with E-state index in [1.807, 2.05) is 0 Å². The molecule has 4 N–H and O–H groups in total. The molecule has 2 aromatic rings. The fourth-order valence-corrected chi connectivity index (χ4v) is 1.56. The van der Waals surface area contributed by atoms with E-state index in [9.17, 15) is 4.79 Å². The van der Waals surface area contributed by atoms with Crippen molar-refractivity contribution in [3.63, 3.8) is 0 Å². The summed E-state index contributed by atoms with van der Waals surface area (Å²) in [6.07, 6.45) is 3.15. The van der Waals surface area contributed by atoms with E-state index in [-0.39, 0.29) is 17.2 Å². The maximum atomic E-state index is 10.9. The topological polar surface area (TPSA) is 112 Å². The minimum absolute atomic E-state index is 0.0994. The summed E-state index contributed by atoms with van der Waals surface area (Å²) in [5.74, 6) is -0.998. The van der Waals surface area contributed by atoms with Gasteiger partial charge in [-0.2, -0.15) is 0 Å². The van der Waals surface area contributed by atoms with Crippen LogP contribution in [0.5, 0.6) is 0 Å². The van der Waals surface area contributed by atoms with E-state index < -0.39 is 5.97 Å². The predicted molar refractivity (Wildman–Crippen MR) is 75.2 cm³/mol. The van der Waals surface area contributed by atoms with Crippen molar-refractivity contribution in [1.29, 1.82) is 5.41 Å². The molecule has 0 saturated heterocycles. The molecule has 0 unspecified atom stereocenters. The van der Waals surface area contributed by atoms with E-state index in [0.717, 1.165) is 0 Å². The van der Waals surface area contributed by atoms with Crippen LogP contribution in [0.4, 0.5) is 0 Å². The first-order valence-electron chi connectivity index (χ1n) is 5.75. The van der Waals surface area contributed by atoms with Gasteiger partial charge in [-0.1, -0.05) is 12.1 Å². The molecule has 0 fully saturated rings. The number of carbonyl (C=O) groups is 1. The van der Waals surface area contributed by atoms with Gasteiger partial charge in [0, 0.05) is 23.5 Å². The highest BCUT2D eigenvalue weighted by molar-refractivity contribution is 6.10. The standard InChI is InChI=1S/C14H12N4O2/c15-12(9-3-1-4-10(7-9)14(19)20)18-13(16)11-5-2-6-17-8-11/h1-8H,(H,19,20)(H3,15,16,18). The maximum Gasteiger partial charge on any atom is 0.335 e. The van der Waals surface area contributed by atoms with E-state index >= 15 is 0 Å². The van der Waals surface area contributed by atoms with Gasteiger partial charge < -0.3 is 10.8 Å². The summed E-state index contributed by atoms with van der Waals surface area (Å²) in [4.78, 5) is 18.8. The number of nitrogens with one attached hydrogen (secondary N) is 1. The van der Waals surface area contributed by atoms with Crippen LogP contribution in [0.2, 0.25) is 0 Å². The zero-order valence-electron chi connectivity index (χ0n) is 10.4. The Bertz CT molecular complexity index is 681. The number of carboxylic acid groups (broad SMARTS) is 1. The molecule has 0 aliphatic heterocycles. The van der Waals surface area contributed by atoms with Gasteiger partial charge in [-0.05, 0) is 24.3 Å². The number of carboxylic acids is 1. The first kappa shape index (κ1) is 13.4. The molecule has 0 aliphatic rings. The molecule has 6 heteroatoms. The minimum atomic E-state index is -1.05. The van der Waals surface area contributed by atoms with Crippen LogP contribution in [0.15, 0.2) is 53.8 Å². The van der Waals surface area contributed by atoms with E-state index in [2.05, 4.69) is 9.98 Å². The molecule has 0 saturated carbocycles. The van der Waals surface area contributed by atoms with Crippen molar-refractivity contribution in [2.24, 2.45) is 10.7 Å². The van der Waals surface area contributed by atoms with Gasteiger partial charge in [0.25, 0.3) is 0 Å². The van der Waals surface area contributed by atoms with Crippen LogP contribution in [0.25, 0.3) is 0 Å². The molecule has 1 aromatic heterocycles. The highest BCUT2D eigenvalue weighted by Gasteiger charge is 2.07. The Morgan fingerprint density at radius 3 is 2.55 bits per heavy atom. The number of pyridine rings is 1. The van der Waals surface area contributed by atoms with Gasteiger partial charge in [0.15, 0.2) is 5.84 Å². The zero-order valence-corrected chi connectivity index (χ0v) is 10.4. The monoisotopic (exact) mass is 268 g/mol. The van der Waals surface area contributed by atoms with Crippen LogP contribution in [0.3, 0.4) is 0 Å². The van der Waals surface area contributed by atoms with Gasteiger partial charge in [-0.15, -0.1) is 0 Å². The molecule has 0 bridgehead atoms. The van der Waals surface area contributed by atoms with E-state index in [0.29, 0.717) is 11.1 Å². The highest BCUT2D eigenvalue weighted by Crippen LogP contribution is 2.07. The van der Waals surface area contributed by atoms with Gasteiger partial charge in [-0.3, -0.25) is 10.4 Å². The Morgan fingerprint density at radius 2 is 1.90 bits per heavy atom. The average Bonchev–Trinajstić information content (AvgIpc) is 2.48. The van der Waals surface area contributed by atoms with Crippen molar-refractivity contribution < 1.29 is 9.90 Å². The van der Waals surface area contributed by atoms with Crippen molar-refractivity contribution in [1.82, 2.24) is 4.98 Å². The van der Waals surface area contributed by atoms with E-state index in [1.165, 1.54) is 12.1 Å². The van der Waals surface area contributed by atoms with Crippen LogP contribution in [0.1, 0.15) is 21.5 Å². The summed E-state index contributed by atoms with van der Waals surface area (Å²) >= 11 is 0. The summed E-state index contributed by atoms with van der Waals surface area (Å²) in [7, 11) is 0. The van der Waals surface area contributed by atoms with E-state index in [4.69, 9.17) is 16.2 Å². The van der Waals surface area contributed by atoms with Gasteiger partial charge >= 0.3 is 5.97 Å². The van der Waals surface area contributed by atoms with Crippen molar-refractivity contribution in [3.8, 4) is 0 Å². The molecule has 100 valence electrons. The van der Waals surface area contributed by atoms with E-state index in [1.54, 1.807) is 36.7 Å². The second-order valence-electron chi connectivity index (χ2n) is 3.97. The summed E-state index contributed by atoms with van der Waals surface area (Å²) in [6.45, 7) is 0. The Kier molecular flexibility index (Phi) is 3.85. The van der Waals surface area contributed by atoms with Gasteiger partial charge in [0.1, 0.15) is 5.84 Å². The second kappa shape index (κ2) is 5.75. The molecule has 0 radical (unpaired) electrons. The maximum absolute atomic E-state index is 10.9. The Hall–Kier alpha value is -3.02. The van der Waals surface area contributed by atoms with Crippen molar-refractivity contribution in [3.05, 3.63) is 65.5 Å². The van der Waals surface area contributed by atoms with Crippen LogP contribution >= 0.6 is 0 Å². The number of amidine groups is 2. The van der Waals surface area contributed by atoms with Gasteiger partial charge in [0.2, 0.25) is 0 Å². The smallest absolute Gasteiger partial charge is 0.335 e. The SMILES string of the molecule is N=C(N=C(N)c1cccnc1)c1cccc(C(=O)O)c1. The molecule has 1 aromatic carbocycles. The van der Waals surface area contributed by atoms with Crippen LogP contribution in [-0.4, -0.2) is 27.7 Å². The lowest BCUT2D eigenvalue weighted by molar-refractivity contribution is 0.0697. The fourth-order valence-electron chi connectivity index (χ4n) is 1.56. The molecule has 20 heavy (non-hydrogen) atoms. The first-order chi connectivity index (χ1) is 9.58. The molecule has 0 atom stereocenters. The summed E-state index contributed by atoms with van der Waals surface area (Å²) < 4.78 is 0. The third-order valence-electron chi connectivity index (χ3n) is 2.57. The fraction of sp³-hybridized carbons (Fsp3) is 0. The molecular weight excluding hydrogens is 256 g/mol. The number of hydrogen-bond donors (Lipinski definition) is 3. The Balaban J connectivity index is 2.28. The average molecular weight is 268 g/mol. The third-order valence-corrected chi connectivity index (χ3v) is 2.57. The minimum Gasteiger partial charge on any atom is -0.478 e. The molecule has 6 nitrogen and oxygen atoms in total. The van der Waals surface area contributed by atoms with Gasteiger partial charge in [-0.25, -0.2) is 9.79 Å². The molecular formula is C14H12N4O2. The lowest BCUT2D eigenvalue weighted by Gasteiger charge is -2.03. The Morgan fingerprint density at radius 1 is 1.20 bits per heavy atom. The molecule has 0 spiro atoms. The number of nitrogens with zero attached hydrogens (tertiary/aromatic N) is 2. The number of nitrogens with two attached hydrogens (primary N) is 1. The number of rotatable bonds is 3. The number of aromatic nitrogens is 1. The van der Waals surface area contributed by atoms with Crippen molar-refractivity contribution in [2.75, 3.05) is 0 Å². The first-order valence-corrected chi connectivity index (χ1v) is 5.75. The number of aliphatic imine (C=N–C) groups is 1. The highest BCUT2D eigenvalue weighted by atomic mass is 16.4. The largest absolute Gasteiger partial charge is 0.478 e. The van der Waals surface area contributed by atoms with Crippen LogP contribution < -0.4 is 5.73 Å². The molecule has 2 rings (SSSR count). The summed E-state index contributed by atoms with van der Waals surface area (Å²) in [5.41, 5.74) is 6.87.